The predicted molar refractivity (Wildman–Crippen MR) is 150 cm³/mol. The Bertz CT molecular complexity index is 1530. The van der Waals surface area contributed by atoms with Gasteiger partial charge in [0.15, 0.2) is 12.4 Å². The molecule has 7 nitrogen and oxygen atoms in total. The van der Waals surface area contributed by atoms with Crippen molar-refractivity contribution in [3.05, 3.63) is 95.1 Å². The number of hydrogen-bond acceptors (Lipinski definition) is 5. The van der Waals surface area contributed by atoms with Crippen molar-refractivity contribution in [2.75, 3.05) is 38.0 Å². The molecule has 0 spiro atoms. The maximum absolute atomic E-state index is 13.0. The average Bonchev–Trinajstić information content (AvgIpc) is 2.93. The summed E-state index contributed by atoms with van der Waals surface area (Å²) in [7, 11) is 1.97. The second-order valence-corrected chi connectivity index (χ2v) is 9.76. The predicted octanol–water partition coefficient (Wildman–Crippen LogP) is 3.55. The Morgan fingerprint density at radius 3 is 2.61 bits per heavy atom. The molecule has 1 aliphatic heterocycles. The highest BCUT2D eigenvalue weighted by atomic mass is 16.1. The van der Waals surface area contributed by atoms with E-state index in [9.17, 15) is 4.79 Å². The van der Waals surface area contributed by atoms with Crippen LogP contribution in [-0.2, 0) is 13.6 Å². The first-order valence-corrected chi connectivity index (χ1v) is 13.1. The molecule has 4 aromatic rings. The molecule has 0 unspecified atom stereocenters. The molecule has 1 fully saturated rings. The van der Waals surface area contributed by atoms with Crippen LogP contribution in [0.15, 0.2) is 67.3 Å². The lowest BCUT2D eigenvalue weighted by Gasteiger charge is -2.34. The van der Waals surface area contributed by atoms with Crippen molar-refractivity contribution >= 4 is 22.6 Å². The van der Waals surface area contributed by atoms with Crippen LogP contribution in [0.5, 0.6) is 0 Å². The van der Waals surface area contributed by atoms with Crippen LogP contribution in [0.3, 0.4) is 0 Å². The Hall–Kier alpha value is -4.12. The maximum Gasteiger partial charge on any atom is 0.256 e. The van der Waals surface area contributed by atoms with Gasteiger partial charge in [0.05, 0.1) is 10.9 Å². The number of hydrogen-bond donors (Lipinski definition) is 1. The number of aryl methyl sites for hydroxylation is 2. The average molecular weight is 506 g/mol. The minimum Gasteiger partial charge on any atom is -0.307 e. The monoisotopic (exact) mass is 505 g/mol. The molecule has 0 radical (unpaired) electrons. The number of carbonyl (C=O) groups excluding carboxylic acids is 1. The van der Waals surface area contributed by atoms with Crippen molar-refractivity contribution in [1.29, 1.82) is 0 Å². The van der Waals surface area contributed by atoms with Gasteiger partial charge in [-0.3, -0.25) is 14.7 Å². The van der Waals surface area contributed by atoms with Gasteiger partial charge in [-0.25, -0.2) is 9.55 Å². The summed E-state index contributed by atoms with van der Waals surface area (Å²) in [5, 5.41) is 3.96. The highest BCUT2D eigenvalue weighted by Gasteiger charge is 2.17. The van der Waals surface area contributed by atoms with Crippen molar-refractivity contribution in [1.82, 2.24) is 19.8 Å². The summed E-state index contributed by atoms with van der Waals surface area (Å²) < 4.78 is 1.98. The molecule has 38 heavy (non-hydrogen) atoms. The zero-order valence-electron chi connectivity index (χ0n) is 22.2. The zero-order chi connectivity index (χ0) is 26.5. The van der Waals surface area contributed by atoms with Gasteiger partial charge in [-0.1, -0.05) is 24.8 Å². The minimum atomic E-state index is -0.181. The van der Waals surface area contributed by atoms with Crippen molar-refractivity contribution in [3.63, 3.8) is 0 Å². The number of nitrogens with one attached hydrogen (secondary N) is 1. The number of fused-ring (bicyclic) bond motifs is 1. The van der Waals surface area contributed by atoms with Crippen LogP contribution >= 0.6 is 0 Å². The number of nitrogens with zero attached hydrogens (tertiary/aromatic N) is 5. The van der Waals surface area contributed by atoms with E-state index >= 15 is 0 Å². The van der Waals surface area contributed by atoms with Gasteiger partial charge in [-0.2, -0.15) is 0 Å². The van der Waals surface area contributed by atoms with Gasteiger partial charge in [0, 0.05) is 56.2 Å². The number of aromatic nitrogens is 3. The van der Waals surface area contributed by atoms with Gasteiger partial charge >= 0.3 is 0 Å². The molecule has 1 amide bonds. The lowest BCUT2D eigenvalue weighted by atomic mass is 10.0. The number of anilines is 1. The molecule has 1 N–H and O–H groups in total. The number of benzene rings is 1. The summed E-state index contributed by atoms with van der Waals surface area (Å²) >= 11 is 0. The molecule has 1 aliphatic rings. The molecule has 4 heterocycles. The van der Waals surface area contributed by atoms with Crippen molar-refractivity contribution in [3.8, 4) is 11.8 Å². The van der Waals surface area contributed by atoms with Crippen molar-refractivity contribution in [2.24, 2.45) is 7.05 Å². The third kappa shape index (κ3) is 6.05. The van der Waals surface area contributed by atoms with E-state index in [4.69, 9.17) is 0 Å². The fourth-order valence-electron chi connectivity index (χ4n) is 4.78. The van der Waals surface area contributed by atoms with E-state index in [-0.39, 0.29) is 5.91 Å². The molecule has 0 bridgehead atoms. The van der Waals surface area contributed by atoms with Crippen LogP contribution in [-0.4, -0.2) is 58.4 Å². The van der Waals surface area contributed by atoms with E-state index in [1.165, 1.54) is 5.56 Å². The Labute approximate surface area is 224 Å². The lowest BCUT2D eigenvalue weighted by Crippen LogP contribution is -2.45. The summed E-state index contributed by atoms with van der Waals surface area (Å²) in [6, 6.07) is 13.5. The minimum absolute atomic E-state index is 0.181. The van der Waals surface area contributed by atoms with Crippen LogP contribution in [0.4, 0.5) is 5.82 Å². The maximum atomic E-state index is 13.0. The van der Waals surface area contributed by atoms with E-state index < -0.39 is 0 Å². The molecular formula is C31H33N6O+. The quantitative estimate of drug-likeness (QED) is 0.332. The van der Waals surface area contributed by atoms with Gasteiger partial charge in [0.1, 0.15) is 18.4 Å². The number of rotatable bonds is 5. The van der Waals surface area contributed by atoms with Gasteiger partial charge < -0.3 is 10.2 Å². The molecular weight excluding hydrogens is 472 g/mol. The Kier molecular flexibility index (Phi) is 7.73. The molecule has 0 atom stereocenters. The summed E-state index contributed by atoms with van der Waals surface area (Å²) in [4.78, 5) is 26.8. The Balaban J connectivity index is 1.26. The topological polar surface area (TPSA) is 65.2 Å². The standard InChI is InChI=1S/C31H32N6O/c1-4-36-14-16-37(17-15-36)22-26-10-9-25(18-23(26)2)31(38)34-29-19-24(11-13-32-29)7-8-28-21-35(3)20-27-6-5-12-33-30(27)28/h5-6,9-13,18-21H,4,14-17,22H2,1-3H3/p+1. The Morgan fingerprint density at radius 1 is 1.00 bits per heavy atom. The van der Waals surface area contributed by atoms with E-state index in [2.05, 4.69) is 56.8 Å². The number of amides is 1. The third-order valence-corrected chi connectivity index (χ3v) is 7.02. The van der Waals surface area contributed by atoms with E-state index in [1.54, 1.807) is 18.5 Å². The van der Waals surface area contributed by atoms with E-state index in [1.807, 2.05) is 54.3 Å². The van der Waals surface area contributed by atoms with Crippen molar-refractivity contribution < 1.29 is 9.36 Å². The van der Waals surface area contributed by atoms with Gasteiger partial charge in [0.25, 0.3) is 5.91 Å². The second kappa shape index (κ2) is 11.5. The second-order valence-electron chi connectivity index (χ2n) is 9.76. The van der Waals surface area contributed by atoms with Gasteiger partial charge in [0.2, 0.25) is 0 Å². The molecule has 3 aromatic heterocycles. The zero-order valence-corrected chi connectivity index (χ0v) is 22.2. The first kappa shape index (κ1) is 25.5. The van der Waals surface area contributed by atoms with E-state index in [0.29, 0.717) is 11.4 Å². The smallest absolute Gasteiger partial charge is 0.256 e. The van der Waals surface area contributed by atoms with Crippen LogP contribution in [0.25, 0.3) is 10.9 Å². The number of piperazine rings is 1. The largest absolute Gasteiger partial charge is 0.307 e. The highest BCUT2D eigenvalue weighted by Crippen LogP contribution is 2.17. The first-order valence-electron chi connectivity index (χ1n) is 13.1. The fraction of sp³-hybridized carbons (Fsp3) is 0.290. The van der Waals surface area contributed by atoms with Crippen LogP contribution in [0, 0.1) is 18.8 Å². The molecule has 1 aromatic carbocycles. The number of carbonyl (C=O) groups is 1. The number of pyridine rings is 3. The highest BCUT2D eigenvalue weighted by molar-refractivity contribution is 6.04. The van der Waals surface area contributed by atoms with E-state index in [0.717, 1.165) is 66.9 Å². The van der Waals surface area contributed by atoms with Gasteiger partial charge in [-0.05, 0) is 61.0 Å². The summed E-state index contributed by atoms with van der Waals surface area (Å²) in [6.45, 7) is 10.7. The molecule has 7 heteroatoms. The summed E-state index contributed by atoms with van der Waals surface area (Å²) in [5.74, 6) is 6.71. The van der Waals surface area contributed by atoms with Crippen molar-refractivity contribution in [2.45, 2.75) is 20.4 Å². The SMILES string of the molecule is CCN1CCN(Cc2ccc(C(=O)Nc3cc(C#Cc4c[n+](C)cc5cccnc45)ccn3)cc2C)CC1. The molecule has 192 valence electrons. The first-order chi connectivity index (χ1) is 18.5. The molecule has 1 saturated heterocycles. The fourth-order valence-corrected chi connectivity index (χ4v) is 4.78. The Morgan fingerprint density at radius 2 is 1.82 bits per heavy atom. The van der Waals surface area contributed by atoms with Crippen LogP contribution in [0.1, 0.15) is 39.5 Å². The normalized spacial score (nSPS) is 14.2. The summed E-state index contributed by atoms with van der Waals surface area (Å²) in [6.07, 6.45) is 7.42. The lowest BCUT2D eigenvalue weighted by molar-refractivity contribution is -0.670. The molecule has 0 saturated carbocycles. The molecule has 5 rings (SSSR count). The van der Waals surface area contributed by atoms with Gasteiger partial charge in [-0.15, -0.1) is 0 Å². The van der Waals surface area contributed by atoms with Crippen LogP contribution in [0.2, 0.25) is 0 Å². The summed E-state index contributed by atoms with van der Waals surface area (Å²) in [5.41, 5.74) is 5.48. The van der Waals surface area contributed by atoms with Crippen LogP contribution < -0.4 is 9.88 Å². The third-order valence-electron chi connectivity index (χ3n) is 7.02. The molecule has 0 aliphatic carbocycles. The number of likely N-dealkylation sites (N-methyl/N-ethyl adjacent to an activating group) is 1.